The van der Waals surface area contributed by atoms with Crippen molar-refractivity contribution in [3.05, 3.63) is 42.2 Å². The highest BCUT2D eigenvalue weighted by atomic mass is 35.5. The van der Waals surface area contributed by atoms with Crippen LogP contribution in [0.4, 0.5) is 0 Å². The summed E-state index contributed by atoms with van der Waals surface area (Å²) in [5.74, 6) is 1.51. The van der Waals surface area contributed by atoms with E-state index in [1.54, 1.807) is 12.4 Å². The van der Waals surface area contributed by atoms with Gasteiger partial charge in [-0.2, -0.15) is 0 Å². The van der Waals surface area contributed by atoms with E-state index in [1.807, 2.05) is 23.0 Å². The molecule has 2 heterocycles. The van der Waals surface area contributed by atoms with Gasteiger partial charge in [0.1, 0.15) is 5.82 Å². The van der Waals surface area contributed by atoms with Gasteiger partial charge in [0.2, 0.25) is 0 Å². The minimum Gasteiger partial charge on any atom is -0.302 e. The second-order valence-electron chi connectivity index (χ2n) is 3.21. The molecular formula is C11H12ClN3. The van der Waals surface area contributed by atoms with Crippen molar-refractivity contribution < 1.29 is 0 Å². The van der Waals surface area contributed by atoms with E-state index in [0.29, 0.717) is 5.88 Å². The van der Waals surface area contributed by atoms with Crippen molar-refractivity contribution in [2.45, 2.75) is 19.2 Å². The van der Waals surface area contributed by atoms with E-state index in [0.717, 1.165) is 23.5 Å². The van der Waals surface area contributed by atoms with Gasteiger partial charge in [0.25, 0.3) is 0 Å². The number of aryl methyl sites for hydroxylation is 1. The summed E-state index contributed by atoms with van der Waals surface area (Å²) < 4.78 is 2.03. The fourth-order valence-electron chi connectivity index (χ4n) is 1.56. The second kappa shape index (κ2) is 4.45. The van der Waals surface area contributed by atoms with Crippen molar-refractivity contribution in [2.24, 2.45) is 0 Å². The van der Waals surface area contributed by atoms with Gasteiger partial charge in [0.05, 0.1) is 11.9 Å². The molecule has 0 aliphatic rings. The molecule has 0 bridgehead atoms. The molecule has 3 nitrogen and oxygen atoms in total. The van der Waals surface area contributed by atoms with Gasteiger partial charge in [0, 0.05) is 30.9 Å². The maximum Gasteiger partial charge on any atom is 0.112 e. The highest BCUT2D eigenvalue weighted by molar-refractivity contribution is 6.17. The molecule has 0 atom stereocenters. The zero-order chi connectivity index (χ0) is 10.7. The first-order valence-electron chi connectivity index (χ1n) is 4.88. The minimum atomic E-state index is 0.485. The van der Waals surface area contributed by atoms with E-state index in [4.69, 9.17) is 11.6 Å². The Labute approximate surface area is 93.7 Å². The Morgan fingerprint density at radius 1 is 1.40 bits per heavy atom. The van der Waals surface area contributed by atoms with E-state index in [1.165, 1.54) is 0 Å². The lowest BCUT2D eigenvalue weighted by atomic mass is 10.2. The number of halogens is 1. The molecule has 78 valence electrons. The largest absolute Gasteiger partial charge is 0.302 e. The first-order chi connectivity index (χ1) is 7.36. The van der Waals surface area contributed by atoms with Gasteiger partial charge < -0.3 is 4.57 Å². The van der Waals surface area contributed by atoms with Crippen LogP contribution in [-0.4, -0.2) is 14.5 Å². The van der Waals surface area contributed by atoms with Gasteiger partial charge in [0.15, 0.2) is 0 Å². The Balaban J connectivity index is 2.53. The molecule has 0 aliphatic heterocycles. The monoisotopic (exact) mass is 221 g/mol. The molecule has 2 aromatic heterocycles. The average Bonchev–Trinajstić information content (AvgIpc) is 2.76. The fourth-order valence-corrected chi connectivity index (χ4v) is 1.79. The summed E-state index contributed by atoms with van der Waals surface area (Å²) in [5, 5.41) is 0. The average molecular weight is 222 g/mol. The first-order valence-corrected chi connectivity index (χ1v) is 5.41. The van der Waals surface area contributed by atoms with Crippen molar-refractivity contribution >= 4 is 11.6 Å². The van der Waals surface area contributed by atoms with Crippen LogP contribution < -0.4 is 0 Å². The molecule has 15 heavy (non-hydrogen) atoms. The fraction of sp³-hybridized carbons (Fsp3) is 0.273. The standard InChI is InChI=1S/C11H12ClN3/c1-2-11-14-5-6-15(11)10-8-13-4-3-9(10)7-12/h3-6,8H,2,7H2,1H3. The second-order valence-corrected chi connectivity index (χ2v) is 3.47. The Hall–Kier alpha value is -1.35. The molecule has 0 aliphatic carbocycles. The van der Waals surface area contributed by atoms with Gasteiger partial charge in [-0.25, -0.2) is 4.98 Å². The first kappa shape index (κ1) is 10.2. The molecular weight excluding hydrogens is 210 g/mol. The van der Waals surface area contributed by atoms with E-state index in [9.17, 15) is 0 Å². The van der Waals surface area contributed by atoms with Crippen LogP contribution in [0.25, 0.3) is 5.69 Å². The lowest BCUT2D eigenvalue weighted by Crippen LogP contribution is -2.02. The van der Waals surface area contributed by atoms with E-state index in [2.05, 4.69) is 16.9 Å². The molecule has 4 heteroatoms. The van der Waals surface area contributed by atoms with Gasteiger partial charge in [-0.3, -0.25) is 4.98 Å². The van der Waals surface area contributed by atoms with Crippen LogP contribution in [0.5, 0.6) is 0 Å². The molecule has 0 fully saturated rings. The Morgan fingerprint density at radius 2 is 2.27 bits per heavy atom. The predicted molar refractivity (Wildman–Crippen MR) is 60.3 cm³/mol. The Kier molecular flexibility index (Phi) is 3.02. The summed E-state index contributed by atoms with van der Waals surface area (Å²) in [4.78, 5) is 8.40. The molecule has 0 amide bonds. The van der Waals surface area contributed by atoms with Crippen LogP contribution in [0.1, 0.15) is 18.3 Å². The third kappa shape index (κ3) is 1.88. The van der Waals surface area contributed by atoms with E-state index in [-0.39, 0.29) is 0 Å². The highest BCUT2D eigenvalue weighted by Crippen LogP contribution is 2.16. The number of hydrogen-bond acceptors (Lipinski definition) is 2. The summed E-state index contributed by atoms with van der Waals surface area (Å²) in [6.45, 7) is 2.08. The number of imidazole rings is 1. The van der Waals surface area contributed by atoms with Crippen molar-refractivity contribution in [3.63, 3.8) is 0 Å². The summed E-state index contributed by atoms with van der Waals surface area (Å²) in [6.07, 6.45) is 8.20. The molecule has 0 radical (unpaired) electrons. The van der Waals surface area contributed by atoms with Gasteiger partial charge >= 0.3 is 0 Å². The van der Waals surface area contributed by atoms with E-state index < -0.39 is 0 Å². The third-order valence-electron chi connectivity index (χ3n) is 2.32. The number of alkyl halides is 1. The van der Waals surface area contributed by atoms with Crippen molar-refractivity contribution in [1.82, 2.24) is 14.5 Å². The van der Waals surface area contributed by atoms with Crippen LogP contribution in [0.3, 0.4) is 0 Å². The van der Waals surface area contributed by atoms with Crippen LogP contribution in [0.2, 0.25) is 0 Å². The predicted octanol–water partition coefficient (Wildman–Crippen LogP) is 2.57. The zero-order valence-electron chi connectivity index (χ0n) is 8.52. The number of rotatable bonds is 3. The molecule has 2 rings (SSSR count). The highest BCUT2D eigenvalue weighted by Gasteiger charge is 2.07. The van der Waals surface area contributed by atoms with Crippen molar-refractivity contribution in [2.75, 3.05) is 0 Å². The lowest BCUT2D eigenvalue weighted by molar-refractivity contribution is 0.879. The Bertz CT molecular complexity index is 451. The molecule has 0 saturated carbocycles. The molecule has 0 saturated heterocycles. The quantitative estimate of drug-likeness (QED) is 0.746. The number of nitrogens with zero attached hydrogens (tertiary/aromatic N) is 3. The SMILES string of the molecule is CCc1nccn1-c1cnccc1CCl. The van der Waals surface area contributed by atoms with Gasteiger partial charge in [-0.05, 0) is 11.6 Å². The number of aromatic nitrogens is 3. The maximum atomic E-state index is 5.88. The molecule has 0 N–H and O–H groups in total. The van der Waals surface area contributed by atoms with Crippen LogP contribution >= 0.6 is 11.6 Å². The molecule has 0 aromatic carbocycles. The zero-order valence-corrected chi connectivity index (χ0v) is 9.28. The maximum absolute atomic E-state index is 5.88. The minimum absolute atomic E-state index is 0.485. The Morgan fingerprint density at radius 3 is 3.00 bits per heavy atom. The summed E-state index contributed by atoms with van der Waals surface area (Å²) >= 11 is 5.88. The van der Waals surface area contributed by atoms with Gasteiger partial charge in [-0.1, -0.05) is 6.92 Å². The summed E-state index contributed by atoms with van der Waals surface area (Å²) in [6, 6.07) is 1.93. The topological polar surface area (TPSA) is 30.7 Å². The molecule has 2 aromatic rings. The summed E-state index contributed by atoms with van der Waals surface area (Å²) in [5.41, 5.74) is 2.08. The van der Waals surface area contributed by atoms with Crippen LogP contribution in [-0.2, 0) is 12.3 Å². The lowest BCUT2D eigenvalue weighted by Gasteiger charge is -2.09. The molecule has 0 spiro atoms. The number of hydrogen-bond donors (Lipinski definition) is 0. The molecule has 0 unspecified atom stereocenters. The van der Waals surface area contributed by atoms with E-state index >= 15 is 0 Å². The normalized spacial score (nSPS) is 10.5. The third-order valence-corrected chi connectivity index (χ3v) is 2.61. The summed E-state index contributed by atoms with van der Waals surface area (Å²) in [7, 11) is 0. The smallest absolute Gasteiger partial charge is 0.112 e. The number of pyridine rings is 1. The van der Waals surface area contributed by atoms with Crippen LogP contribution in [0.15, 0.2) is 30.9 Å². The van der Waals surface area contributed by atoms with Crippen molar-refractivity contribution in [1.29, 1.82) is 0 Å². The van der Waals surface area contributed by atoms with Gasteiger partial charge in [-0.15, -0.1) is 11.6 Å². The van der Waals surface area contributed by atoms with Crippen molar-refractivity contribution in [3.8, 4) is 5.69 Å². The van der Waals surface area contributed by atoms with Crippen LogP contribution in [0, 0.1) is 0 Å².